The Hall–Kier alpha value is -11.7. The summed E-state index contributed by atoms with van der Waals surface area (Å²) in [7, 11) is 1.38. The minimum atomic E-state index is -0.894. The van der Waals surface area contributed by atoms with Crippen molar-refractivity contribution in [1.29, 1.82) is 0 Å². The number of rotatable bonds is 3. The number of carboxylic acid groups (broad SMARTS) is 2. The Morgan fingerprint density at radius 2 is 0.822 bits per heavy atom. The van der Waals surface area contributed by atoms with Gasteiger partial charge in [0.1, 0.15) is 0 Å². The maximum Gasteiger partial charge on any atom is 0.337 e. The molecule has 0 spiro atoms. The van der Waals surface area contributed by atoms with Crippen molar-refractivity contribution < 1.29 is 29.3 Å². The average Bonchev–Trinajstić information content (AvgIpc) is 3.19. The number of hydrogen-bond donors (Lipinski definition) is 10. The van der Waals surface area contributed by atoms with Crippen LogP contribution in [0.1, 0.15) is 76.1 Å². The Bertz CT molecular complexity index is 4650. The molecule has 0 bridgehead atoms. The second-order valence-electron chi connectivity index (χ2n) is 21.9. The summed E-state index contributed by atoms with van der Waals surface area (Å²) >= 11 is 0. The average molecular weight is 1200 g/mol. The van der Waals surface area contributed by atoms with E-state index in [1.807, 2.05) is 94.0 Å². The molecule has 0 amide bonds. The highest BCUT2D eigenvalue weighted by atomic mass is 16.5. The van der Waals surface area contributed by atoms with E-state index >= 15 is 0 Å². The third-order valence-corrected chi connectivity index (χ3v) is 14.4. The molecule has 16 nitrogen and oxygen atoms in total. The lowest BCUT2D eigenvalue weighted by molar-refractivity contribution is 0.0599. The van der Waals surface area contributed by atoms with Gasteiger partial charge in [-0.05, 0) is 222 Å². The Morgan fingerprint density at radius 1 is 0.367 bits per heavy atom. The van der Waals surface area contributed by atoms with Crippen LogP contribution in [0.4, 0.5) is 0 Å². The Morgan fingerprint density at radius 3 is 1.47 bits per heavy atom. The highest BCUT2D eigenvalue weighted by Gasteiger charge is 2.08. The molecule has 16 heteroatoms. The minimum absolute atomic E-state index is 0.300. The van der Waals surface area contributed by atoms with Crippen LogP contribution in [-0.2, 0) is 4.74 Å². The Balaban J connectivity index is 0.000000122. The summed E-state index contributed by atoms with van der Waals surface area (Å²) < 4.78 is 4.64. The van der Waals surface area contributed by atoms with Gasteiger partial charge in [-0.15, -0.1) is 0 Å². The van der Waals surface area contributed by atoms with Crippen LogP contribution in [0.25, 0.3) is 87.4 Å². The number of methoxy groups -OCH3 is 1. The number of aromatic nitrogens is 10. The van der Waals surface area contributed by atoms with E-state index in [1.165, 1.54) is 73.2 Å². The molecule has 0 fully saturated rings. The lowest BCUT2D eigenvalue weighted by atomic mass is 10.1. The zero-order valence-corrected chi connectivity index (χ0v) is 51.6. The normalized spacial score (nSPS) is 10.5. The fourth-order valence-corrected chi connectivity index (χ4v) is 10.0. The molecule has 0 unspecified atom stereocenters. The smallest absolute Gasteiger partial charge is 0.337 e. The number of ether oxygens (including phenoxy) is 1. The summed E-state index contributed by atoms with van der Waals surface area (Å²) in [6.07, 6.45) is 7.47. The first-order valence-electron chi connectivity index (χ1n) is 29.1. The van der Waals surface area contributed by atoms with E-state index < -0.39 is 11.9 Å². The summed E-state index contributed by atoms with van der Waals surface area (Å²) in [4.78, 5) is 58.6. The second-order valence-corrected chi connectivity index (χ2v) is 21.9. The standard InChI is InChI=1S/C11H11NO2.2C10H9NO2.3C9H9N.2C8H8N2/c1-7-5-9-6-8(11(13)14-2)3-4-10(9)12-7;1-6-4-8-5-7(10(12)13)2-3-9(8)11-6;1-6-4-7-2-3-8(10(12)13)5-9(7)11-6;1-7-2-3-9-8(6-7)4-5-10-9;1-7-2-3-8-4-5-10-9(8)6-7;1-7-6-8-4-2-3-5-9(8)10-7;1-6-2-3-8-7(4-6)5-9-10-8;1-6-2-3-7-8(4-6)10-5-9-7/h3-6,12H,1-2H3;2*2-5,11H,1H3,(H,12,13);3*2-6,10H,1H3;2*2-5H,1H3,(H,9,10). The number of fused-ring (bicyclic) bond motifs is 8. The summed E-state index contributed by atoms with van der Waals surface area (Å²) in [5.41, 5.74) is 20.5. The number of aromatic amines is 8. The van der Waals surface area contributed by atoms with Crippen LogP contribution in [0.2, 0.25) is 0 Å². The monoisotopic (exact) mass is 1200 g/mol. The number of carbonyl (C=O) groups excluding carboxylic acids is 1. The third-order valence-electron chi connectivity index (χ3n) is 14.4. The molecule has 0 aliphatic heterocycles. The van der Waals surface area contributed by atoms with Gasteiger partial charge in [-0.2, -0.15) is 5.10 Å². The topological polar surface area (TPSA) is 253 Å². The van der Waals surface area contributed by atoms with Crippen LogP contribution >= 0.6 is 0 Å². The van der Waals surface area contributed by atoms with Crippen LogP contribution in [0.5, 0.6) is 0 Å². The first kappa shape index (κ1) is 62.9. The van der Waals surface area contributed by atoms with Gasteiger partial charge >= 0.3 is 17.9 Å². The van der Waals surface area contributed by atoms with Gasteiger partial charge in [0.15, 0.2) is 0 Å². The predicted octanol–water partition coefficient (Wildman–Crippen LogP) is 17.8. The van der Waals surface area contributed by atoms with Crippen molar-refractivity contribution in [2.24, 2.45) is 0 Å². The molecule has 0 saturated heterocycles. The molecule has 16 aromatic rings. The SMILES string of the molecule is COC(=O)c1ccc2[nH]c(C)cc2c1.Cc1cc2cc(C(=O)O)ccc2[nH]1.Cc1cc2ccc(C(=O)O)cc2[nH]1.Cc1cc2ccccc2[nH]1.Cc1ccc2[nH]ccc2c1.Cc1ccc2[nH]ncc2c1.Cc1ccc2cc[nH]c2c1.Cc1ccc2nc[nH]c2c1. The van der Waals surface area contributed by atoms with Gasteiger partial charge in [0.25, 0.3) is 0 Å². The van der Waals surface area contributed by atoms with Crippen molar-refractivity contribution in [3.05, 3.63) is 275 Å². The zero-order valence-electron chi connectivity index (χ0n) is 51.6. The van der Waals surface area contributed by atoms with E-state index in [1.54, 1.807) is 42.7 Å². The fourth-order valence-electron chi connectivity index (χ4n) is 10.0. The quantitative estimate of drug-likeness (QED) is 0.0760. The van der Waals surface area contributed by atoms with Crippen molar-refractivity contribution in [2.45, 2.75) is 55.4 Å². The number of esters is 1. The van der Waals surface area contributed by atoms with Crippen molar-refractivity contribution in [3.63, 3.8) is 0 Å². The number of nitrogens with one attached hydrogen (secondary N) is 8. The number of nitrogens with zero attached hydrogens (tertiary/aromatic N) is 2. The van der Waals surface area contributed by atoms with Crippen LogP contribution in [0, 0.1) is 55.4 Å². The van der Waals surface area contributed by atoms with Gasteiger partial charge in [0.2, 0.25) is 0 Å². The van der Waals surface area contributed by atoms with Crippen molar-refractivity contribution in [1.82, 2.24) is 50.1 Å². The molecule has 454 valence electrons. The van der Waals surface area contributed by atoms with Gasteiger partial charge in [-0.1, -0.05) is 65.7 Å². The van der Waals surface area contributed by atoms with Crippen molar-refractivity contribution in [3.8, 4) is 0 Å². The van der Waals surface area contributed by atoms with E-state index in [-0.39, 0.29) is 5.97 Å². The molecular weight excluding hydrogens is 1120 g/mol. The Kier molecular flexibility index (Phi) is 20.4. The molecule has 0 atom stereocenters. The number of carbonyl (C=O) groups is 3. The van der Waals surface area contributed by atoms with Crippen LogP contribution < -0.4 is 0 Å². The number of benzene rings is 8. The molecule has 0 aliphatic rings. The first-order valence-corrected chi connectivity index (χ1v) is 29.1. The van der Waals surface area contributed by atoms with Crippen molar-refractivity contribution in [2.75, 3.05) is 7.11 Å². The zero-order chi connectivity index (χ0) is 63.8. The lowest BCUT2D eigenvalue weighted by Crippen LogP contribution is -2.00. The van der Waals surface area contributed by atoms with E-state index in [2.05, 4.69) is 186 Å². The largest absolute Gasteiger partial charge is 0.478 e. The Labute approximate surface area is 519 Å². The highest BCUT2D eigenvalue weighted by Crippen LogP contribution is 2.21. The molecule has 0 aliphatic carbocycles. The molecule has 10 N–H and O–H groups in total. The summed E-state index contributed by atoms with van der Waals surface area (Å²) in [5.74, 6) is -2.08. The van der Waals surface area contributed by atoms with Crippen LogP contribution in [0.15, 0.2) is 213 Å². The minimum Gasteiger partial charge on any atom is -0.478 e. The molecule has 8 aromatic heterocycles. The number of hydrogen-bond acceptors (Lipinski definition) is 6. The lowest BCUT2D eigenvalue weighted by Gasteiger charge is -1.98. The molecule has 16 rings (SSSR count). The number of H-pyrrole nitrogens is 8. The number of para-hydroxylation sites is 1. The van der Waals surface area contributed by atoms with Crippen LogP contribution in [-0.4, -0.2) is 85.3 Å². The van der Waals surface area contributed by atoms with Gasteiger partial charge in [-0.25, -0.2) is 19.4 Å². The van der Waals surface area contributed by atoms with Crippen LogP contribution in [0.3, 0.4) is 0 Å². The maximum atomic E-state index is 11.2. The van der Waals surface area contributed by atoms with Gasteiger partial charge in [0.05, 0.1) is 52.9 Å². The fraction of sp³-hybridized carbons (Fsp3) is 0.122. The molecular formula is C74H72N10O6. The molecule has 8 aromatic carbocycles. The predicted molar refractivity (Wildman–Crippen MR) is 365 cm³/mol. The maximum absolute atomic E-state index is 11.2. The summed E-state index contributed by atoms with van der Waals surface area (Å²) in [6.45, 7) is 16.3. The summed E-state index contributed by atoms with van der Waals surface area (Å²) in [5, 5.41) is 32.4. The number of imidazole rings is 1. The van der Waals surface area contributed by atoms with Gasteiger partial charge < -0.3 is 49.8 Å². The van der Waals surface area contributed by atoms with E-state index in [4.69, 9.17) is 10.2 Å². The number of carboxylic acids is 2. The van der Waals surface area contributed by atoms with E-state index in [9.17, 15) is 14.4 Å². The highest BCUT2D eigenvalue weighted by molar-refractivity contribution is 5.96. The number of aryl methyl sites for hydroxylation is 8. The van der Waals surface area contributed by atoms with Gasteiger partial charge in [-0.3, -0.25) is 5.10 Å². The van der Waals surface area contributed by atoms with E-state index in [0.29, 0.717) is 16.7 Å². The third kappa shape index (κ3) is 16.9. The van der Waals surface area contributed by atoms with E-state index in [0.717, 1.165) is 66.3 Å². The molecule has 0 saturated carbocycles. The first-order chi connectivity index (χ1) is 43.3. The molecule has 8 heterocycles. The molecule has 0 radical (unpaired) electrons. The van der Waals surface area contributed by atoms with Gasteiger partial charge in [0, 0.05) is 84.4 Å². The second kappa shape index (κ2) is 29.2. The summed E-state index contributed by atoms with van der Waals surface area (Å²) in [6, 6.07) is 61.2. The number of aromatic carboxylic acids is 2. The van der Waals surface area contributed by atoms with Crippen molar-refractivity contribution >= 4 is 105 Å². The molecule has 90 heavy (non-hydrogen) atoms.